The number of hydrogen-bond acceptors (Lipinski definition) is 2. The van der Waals surface area contributed by atoms with Gasteiger partial charge in [-0.1, -0.05) is 68.4 Å². The second-order valence-electron chi connectivity index (χ2n) is 5.88. The largest absolute Gasteiger partial charge is 0.326 e. The van der Waals surface area contributed by atoms with Crippen molar-refractivity contribution in [3.63, 3.8) is 0 Å². The van der Waals surface area contributed by atoms with Crippen LogP contribution in [-0.2, 0) is 18.5 Å². The Balaban J connectivity index is 1.92. The quantitative estimate of drug-likeness (QED) is 0.844. The molecule has 0 aromatic heterocycles. The van der Waals surface area contributed by atoms with Gasteiger partial charge >= 0.3 is 0 Å². The molecule has 0 spiro atoms. The zero-order chi connectivity index (χ0) is 14.4. The monoisotopic (exact) mass is 268 g/mol. The van der Waals surface area contributed by atoms with Crippen LogP contribution in [0, 0.1) is 0 Å². The summed E-state index contributed by atoms with van der Waals surface area (Å²) < 4.78 is 0. The summed E-state index contributed by atoms with van der Waals surface area (Å²) in [7, 11) is 0. The number of hydrogen-bond donors (Lipinski definition) is 2. The van der Waals surface area contributed by atoms with Crippen LogP contribution in [0.2, 0.25) is 0 Å². The lowest BCUT2D eigenvalue weighted by molar-refractivity contribution is 0.469. The van der Waals surface area contributed by atoms with Crippen molar-refractivity contribution in [3.05, 3.63) is 71.3 Å². The lowest BCUT2D eigenvalue weighted by Gasteiger charge is -2.25. The van der Waals surface area contributed by atoms with Gasteiger partial charge in [-0.15, -0.1) is 0 Å². The van der Waals surface area contributed by atoms with Crippen molar-refractivity contribution in [2.45, 2.75) is 32.4 Å². The molecule has 0 saturated heterocycles. The Morgan fingerprint density at radius 1 is 0.950 bits per heavy atom. The molecule has 20 heavy (non-hydrogen) atoms. The van der Waals surface area contributed by atoms with Gasteiger partial charge < -0.3 is 11.1 Å². The summed E-state index contributed by atoms with van der Waals surface area (Å²) in [5.74, 6) is 0. The van der Waals surface area contributed by atoms with Crippen LogP contribution in [0.15, 0.2) is 54.6 Å². The van der Waals surface area contributed by atoms with Gasteiger partial charge in [0.15, 0.2) is 0 Å². The van der Waals surface area contributed by atoms with Gasteiger partial charge in [0.25, 0.3) is 0 Å². The summed E-state index contributed by atoms with van der Waals surface area (Å²) in [6.45, 7) is 6.97. The summed E-state index contributed by atoms with van der Waals surface area (Å²) in [5.41, 5.74) is 9.64. The van der Waals surface area contributed by atoms with E-state index in [1.165, 1.54) is 16.7 Å². The smallest absolute Gasteiger partial charge is 0.0205 e. The van der Waals surface area contributed by atoms with Crippen molar-refractivity contribution in [1.82, 2.24) is 5.32 Å². The molecule has 0 radical (unpaired) electrons. The standard InChI is InChI=1S/C18H24N2/c1-18(2,17-9-4-3-5-10-17)14-20-13-16-8-6-7-15(11-16)12-19/h3-11,20H,12-14,19H2,1-2H3. The van der Waals surface area contributed by atoms with Gasteiger partial charge in [0, 0.05) is 25.0 Å². The van der Waals surface area contributed by atoms with Crippen LogP contribution >= 0.6 is 0 Å². The van der Waals surface area contributed by atoms with E-state index in [2.05, 4.69) is 73.8 Å². The molecule has 2 heteroatoms. The van der Waals surface area contributed by atoms with Gasteiger partial charge in [-0.25, -0.2) is 0 Å². The first kappa shape index (κ1) is 14.8. The van der Waals surface area contributed by atoms with Crippen LogP contribution in [0.3, 0.4) is 0 Å². The molecule has 0 aliphatic carbocycles. The molecule has 3 N–H and O–H groups in total. The molecule has 0 heterocycles. The van der Waals surface area contributed by atoms with Gasteiger partial charge in [0.2, 0.25) is 0 Å². The van der Waals surface area contributed by atoms with Crippen LogP contribution in [-0.4, -0.2) is 6.54 Å². The highest BCUT2D eigenvalue weighted by atomic mass is 14.9. The first-order chi connectivity index (χ1) is 9.62. The summed E-state index contributed by atoms with van der Waals surface area (Å²) in [4.78, 5) is 0. The van der Waals surface area contributed by atoms with E-state index in [1.54, 1.807) is 0 Å². The molecule has 2 aromatic carbocycles. The number of nitrogens with one attached hydrogen (secondary N) is 1. The molecule has 0 aliphatic heterocycles. The maximum absolute atomic E-state index is 5.67. The normalized spacial score (nSPS) is 11.6. The Morgan fingerprint density at radius 3 is 2.35 bits per heavy atom. The van der Waals surface area contributed by atoms with Crippen molar-refractivity contribution < 1.29 is 0 Å². The fourth-order valence-corrected chi connectivity index (χ4v) is 2.38. The molecule has 0 fully saturated rings. The van der Waals surface area contributed by atoms with E-state index in [0.29, 0.717) is 6.54 Å². The fourth-order valence-electron chi connectivity index (χ4n) is 2.38. The molecule has 0 saturated carbocycles. The predicted octanol–water partition coefficient (Wildman–Crippen LogP) is 3.21. The Hall–Kier alpha value is -1.64. The number of benzene rings is 2. The second-order valence-corrected chi connectivity index (χ2v) is 5.88. The highest BCUT2D eigenvalue weighted by Gasteiger charge is 2.19. The van der Waals surface area contributed by atoms with Crippen molar-refractivity contribution in [1.29, 1.82) is 0 Å². The Labute approximate surface area is 122 Å². The van der Waals surface area contributed by atoms with E-state index in [1.807, 2.05) is 0 Å². The molecule has 0 aliphatic rings. The summed E-state index contributed by atoms with van der Waals surface area (Å²) in [6.07, 6.45) is 0. The summed E-state index contributed by atoms with van der Waals surface area (Å²) in [5, 5.41) is 3.55. The van der Waals surface area contributed by atoms with Crippen LogP contribution in [0.25, 0.3) is 0 Å². The minimum atomic E-state index is 0.132. The first-order valence-electron chi connectivity index (χ1n) is 7.16. The SMILES string of the molecule is CC(C)(CNCc1cccc(CN)c1)c1ccccc1. The van der Waals surface area contributed by atoms with Gasteiger partial charge in [0.05, 0.1) is 0 Å². The van der Waals surface area contributed by atoms with E-state index < -0.39 is 0 Å². The lowest BCUT2D eigenvalue weighted by Crippen LogP contribution is -2.32. The highest BCUT2D eigenvalue weighted by molar-refractivity contribution is 5.25. The second kappa shape index (κ2) is 6.69. The van der Waals surface area contributed by atoms with Crippen molar-refractivity contribution >= 4 is 0 Å². The van der Waals surface area contributed by atoms with E-state index in [-0.39, 0.29) is 5.41 Å². The van der Waals surface area contributed by atoms with E-state index >= 15 is 0 Å². The third-order valence-corrected chi connectivity index (χ3v) is 3.68. The predicted molar refractivity (Wildman–Crippen MR) is 85.5 cm³/mol. The van der Waals surface area contributed by atoms with Gasteiger partial charge in [-0.3, -0.25) is 0 Å². The van der Waals surface area contributed by atoms with Gasteiger partial charge in [0.1, 0.15) is 0 Å². The number of rotatable bonds is 6. The maximum atomic E-state index is 5.67. The van der Waals surface area contributed by atoms with Crippen molar-refractivity contribution in [2.24, 2.45) is 5.73 Å². The molecule has 0 amide bonds. The molecule has 0 unspecified atom stereocenters. The Bertz CT molecular complexity index is 532. The topological polar surface area (TPSA) is 38.0 Å². The minimum Gasteiger partial charge on any atom is -0.326 e. The van der Waals surface area contributed by atoms with Crippen molar-refractivity contribution in [2.75, 3.05) is 6.54 Å². The molecular formula is C18H24N2. The molecule has 0 bridgehead atoms. The van der Waals surface area contributed by atoms with Crippen LogP contribution in [0.1, 0.15) is 30.5 Å². The average Bonchev–Trinajstić information content (AvgIpc) is 2.48. The average molecular weight is 268 g/mol. The first-order valence-corrected chi connectivity index (χ1v) is 7.16. The zero-order valence-electron chi connectivity index (χ0n) is 12.4. The molecule has 0 atom stereocenters. The van der Waals surface area contributed by atoms with Crippen molar-refractivity contribution in [3.8, 4) is 0 Å². The lowest BCUT2D eigenvalue weighted by atomic mass is 9.84. The van der Waals surface area contributed by atoms with E-state index in [4.69, 9.17) is 5.73 Å². The van der Waals surface area contributed by atoms with Crippen LogP contribution < -0.4 is 11.1 Å². The highest BCUT2D eigenvalue weighted by Crippen LogP contribution is 2.21. The van der Waals surface area contributed by atoms with E-state index in [0.717, 1.165) is 13.1 Å². The third kappa shape index (κ3) is 3.92. The van der Waals surface area contributed by atoms with Gasteiger partial charge in [-0.05, 0) is 16.7 Å². The van der Waals surface area contributed by atoms with Crippen LogP contribution in [0.4, 0.5) is 0 Å². The summed E-state index contributed by atoms with van der Waals surface area (Å²) in [6, 6.07) is 19.1. The van der Waals surface area contributed by atoms with E-state index in [9.17, 15) is 0 Å². The number of nitrogens with two attached hydrogens (primary N) is 1. The summed E-state index contributed by atoms with van der Waals surface area (Å²) >= 11 is 0. The molecule has 2 rings (SSSR count). The maximum Gasteiger partial charge on any atom is 0.0205 e. The molecule has 106 valence electrons. The third-order valence-electron chi connectivity index (χ3n) is 3.68. The molecule has 2 aromatic rings. The molecular weight excluding hydrogens is 244 g/mol. The molecule has 2 nitrogen and oxygen atoms in total. The van der Waals surface area contributed by atoms with Gasteiger partial charge in [-0.2, -0.15) is 0 Å². The Kier molecular flexibility index (Phi) is 4.94. The minimum absolute atomic E-state index is 0.132. The Morgan fingerprint density at radius 2 is 1.65 bits per heavy atom. The fraction of sp³-hybridized carbons (Fsp3) is 0.333. The van der Waals surface area contributed by atoms with Crippen LogP contribution in [0.5, 0.6) is 0 Å². The zero-order valence-corrected chi connectivity index (χ0v) is 12.4.